The van der Waals surface area contributed by atoms with Crippen molar-refractivity contribution in [3.8, 4) is 0 Å². The van der Waals surface area contributed by atoms with Crippen LogP contribution in [0.25, 0.3) is 0 Å². The van der Waals surface area contributed by atoms with Crippen molar-refractivity contribution in [2.24, 2.45) is 0 Å². The Kier molecular flexibility index (Phi) is 4.93. The third-order valence-electron chi connectivity index (χ3n) is 3.31. The minimum atomic E-state index is -0.542. The highest BCUT2D eigenvalue weighted by Crippen LogP contribution is 2.24. The number of non-ortho nitro benzene ring substituents is 1. The highest BCUT2D eigenvalue weighted by Gasteiger charge is 2.22. The fraction of sp³-hybridized carbons (Fsp3) is 0.357. The fourth-order valence-corrected chi connectivity index (χ4v) is 2.37. The molecule has 1 heterocycles. The number of nitro groups is 1. The molecule has 0 saturated heterocycles. The Labute approximate surface area is 127 Å². The molecule has 21 heavy (non-hydrogen) atoms. The van der Waals surface area contributed by atoms with Gasteiger partial charge in [0.1, 0.15) is 0 Å². The van der Waals surface area contributed by atoms with E-state index >= 15 is 0 Å². The minimum Gasteiger partial charge on any atom is -0.380 e. The van der Waals surface area contributed by atoms with Gasteiger partial charge in [-0.25, -0.2) is 0 Å². The highest BCUT2D eigenvalue weighted by molar-refractivity contribution is 6.33. The van der Waals surface area contributed by atoms with E-state index in [2.05, 4.69) is 0 Å². The van der Waals surface area contributed by atoms with Crippen LogP contribution in [0.3, 0.4) is 0 Å². The summed E-state index contributed by atoms with van der Waals surface area (Å²) in [6.07, 6.45) is 2.67. The quantitative estimate of drug-likeness (QED) is 0.487. The van der Waals surface area contributed by atoms with E-state index in [4.69, 9.17) is 16.3 Å². The number of benzene rings is 1. The number of nitro benzene ring substituents is 1. The Hall–Kier alpha value is -1.92. The molecular formula is C14H15ClN2O4. The zero-order chi connectivity index (χ0) is 15.4. The summed E-state index contributed by atoms with van der Waals surface area (Å²) in [5.74, 6) is -0.295. The third-order valence-corrected chi connectivity index (χ3v) is 3.64. The number of carbonyl (C=O) groups excluding carboxylic acids is 1. The predicted molar refractivity (Wildman–Crippen MR) is 78.6 cm³/mol. The zero-order valence-corrected chi connectivity index (χ0v) is 12.3. The Morgan fingerprint density at radius 2 is 2.29 bits per heavy atom. The largest absolute Gasteiger partial charge is 0.380 e. The van der Waals surface area contributed by atoms with Crippen molar-refractivity contribution in [3.05, 3.63) is 50.5 Å². The van der Waals surface area contributed by atoms with Gasteiger partial charge in [-0.3, -0.25) is 14.9 Å². The van der Waals surface area contributed by atoms with Crippen molar-refractivity contribution in [3.63, 3.8) is 0 Å². The van der Waals surface area contributed by atoms with Crippen LogP contribution in [0.2, 0.25) is 5.02 Å². The second kappa shape index (κ2) is 6.69. The first-order valence-electron chi connectivity index (χ1n) is 6.43. The molecule has 7 heteroatoms. The number of hydrogen-bond donors (Lipinski definition) is 0. The Morgan fingerprint density at radius 3 is 2.86 bits per heavy atom. The lowest BCUT2D eigenvalue weighted by atomic mass is 10.1. The van der Waals surface area contributed by atoms with Crippen LogP contribution in [-0.2, 0) is 4.74 Å². The molecule has 2 rings (SSSR count). The molecular weight excluding hydrogens is 296 g/mol. The molecule has 0 aliphatic carbocycles. The van der Waals surface area contributed by atoms with Gasteiger partial charge < -0.3 is 9.64 Å². The first-order valence-corrected chi connectivity index (χ1v) is 6.80. The summed E-state index contributed by atoms with van der Waals surface area (Å²) >= 11 is 5.99. The molecule has 1 aromatic carbocycles. The molecule has 1 aliphatic heterocycles. The summed E-state index contributed by atoms with van der Waals surface area (Å²) in [7, 11) is 1.63. The number of methoxy groups -OCH3 is 1. The average Bonchev–Trinajstić information content (AvgIpc) is 2.48. The molecule has 0 saturated carbocycles. The molecule has 0 atom stereocenters. The van der Waals surface area contributed by atoms with E-state index in [9.17, 15) is 14.9 Å². The van der Waals surface area contributed by atoms with Crippen molar-refractivity contribution in [1.29, 1.82) is 0 Å². The van der Waals surface area contributed by atoms with Crippen molar-refractivity contribution in [2.45, 2.75) is 6.42 Å². The first kappa shape index (κ1) is 15.5. The van der Waals surface area contributed by atoms with Gasteiger partial charge in [-0.15, -0.1) is 0 Å². The number of halogens is 1. The molecule has 0 N–H and O–H groups in total. The van der Waals surface area contributed by atoms with Crippen LogP contribution in [0.15, 0.2) is 29.8 Å². The van der Waals surface area contributed by atoms with Gasteiger partial charge in [0, 0.05) is 32.3 Å². The second-order valence-electron chi connectivity index (χ2n) is 4.72. The van der Waals surface area contributed by atoms with Crippen molar-refractivity contribution < 1.29 is 14.5 Å². The van der Waals surface area contributed by atoms with Gasteiger partial charge in [-0.2, -0.15) is 0 Å². The van der Waals surface area contributed by atoms with E-state index in [1.165, 1.54) is 18.2 Å². The summed E-state index contributed by atoms with van der Waals surface area (Å²) < 4.78 is 5.06. The molecule has 6 nitrogen and oxygen atoms in total. The summed E-state index contributed by atoms with van der Waals surface area (Å²) in [6.45, 7) is 1.56. The van der Waals surface area contributed by atoms with Crippen molar-refractivity contribution >= 4 is 23.2 Å². The molecule has 0 spiro atoms. The molecule has 0 aromatic heterocycles. The Bertz CT molecular complexity index is 601. The second-order valence-corrected chi connectivity index (χ2v) is 5.13. The monoisotopic (exact) mass is 310 g/mol. The molecule has 1 aliphatic rings. The number of ether oxygens (including phenoxy) is 1. The van der Waals surface area contributed by atoms with Crippen LogP contribution in [0.1, 0.15) is 16.8 Å². The number of hydrogen-bond acceptors (Lipinski definition) is 4. The van der Waals surface area contributed by atoms with Gasteiger partial charge in [-0.05, 0) is 18.1 Å². The topological polar surface area (TPSA) is 72.7 Å². The van der Waals surface area contributed by atoms with Gasteiger partial charge in [0.15, 0.2) is 0 Å². The van der Waals surface area contributed by atoms with Gasteiger partial charge in [0.05, 0.1) is 22.1 Å². The summed E-state index contributed by atoms with van der Waals surface area (Å²) in [5, 5.41) is 11.0. The van der Waals surface area contributed by atoms with Gasteiger partial charge >= 0.3 is 0 Å². The maximum Gasteiger partial charge on any atom is 0.270 e. The van der Waals surface area contributed by atoms with E-state index < -0.39 is 4.92 Å². The molecule has 0 radical (unpaired) electrons. The lowest BCUT2D eigenvalue weighted by molar-refractivity contribution is -0.384. The first-order chi connectivity index (χ1) is 10.0. The average molecular weight is 311 g/mol. The zero-order valence-electron chi connectivity index (χ0n) is 11.5. The molecule has 0 fully saturated rings. The lowest BCUT2D eigenvalue weighted by Crippen LogP contribution is -2.35. The number of amides is 1. The van der Waals surface area contributed by atoms with Crippen LogP contribution >= 0.6 is 11.6 Å². The standard InChI is InChI=1S/C14H15ClN2O4/c1-21-9-10-4-6-16(7-5-10)14(18)12-8-11(17(19)20)2-3-13(12)15/h2-4,8H,5-7,9H2,1H3. The van der Waals surface area contributed by atoms with Crippen molar-refractivity contribution in [1.82, 2.24) is 4.90 Å². The maximum atomic E-state index is 12.4. The van der Waals surface area contributed by atoms with Crippen molar-refractivity contribution in [2.75, 3.05) is 26.8 Å². The van der Waals surface area contributed by atoms with E-state index in [0.29, 0.717) is 19.7 Å². The Morgan fingerprint density at radius 1 is 1.52 bits per heavy atom. The summed E-state index contributed by atoms with van der Waals surface area (Å²) in [6, 6.07) is 3.88. The van der Waals surface area contributed by atoms with E-state index in [1.807, 2.05) is 6.08 Å². The predicted octanol–water partition coefficient (Wildman–Crippen LogP) is 2.67. The van der Waals surface area contributed by atoms with Gasteiger partial charge in [0.25, 0.3) is 11.6 Å². The lowest BCUT2D eigenvalue weighted by Gasteiger charge is -2.26. The Balaban J connectivity index is 2.18. The molecule has 0 unspecified atom stereocenters. The molecule has 1 amide bonds. The van der Waals surface area contributed by atoms with Gasteiger partial charge in [-0.1, -0.05) is 17.7 Å². The van der Waals surface area contributed by atoms with Crippen LogP contribution in [0, 0.1) is 10.1 Å². The number of nitrogens with zero attached hydrogens (tertiary/aromatic N) is 2. The SMILES string of the molecule is COCC1=CCN(C(=O)c2cc([N+](=O)[O-])ccc2Cl)CC1. The van der Waals surface area contributed by atoms with E-state index in [0.717, 1.165) is 12.0 Å². The van der Waals surface area contributed by atoms with Crippen LogP contribution in [0.5, 0.6) is 0 Å². The fourth-order valence-electron chi connectivity index (χ4n) is 2.17. The van der Waals surface area contributed by atoms with Crippen LogP contribution in [-0.4, -0.2) is 42.5 Å². The van der Waals surface area contributed by atoms with Gasteiger partial charge in [0.2, 0.25) is 0 Å². The van der Waals surface area contributed by atoms with Crippen LogP contribution < -0.4 is 0 Å². The highest BCUT2D eigenvalue weighted by atomic mass is 35.5. The third kappa shape index (κ3) is 3.59. The van der Waals surface area contributed by atoms with E-state index in [-0.39, 0.29) is 22.2 Å². The normalized spacial score (nSPS) is 14.8. The number of rotatable bonds is 4. The maximum absolute atomic E-state index is 12.4. The summed E-state index contributed by atoms with van der Waals surface area (Å²) in [4.78, 5) is 24.3. The van der Waals surface area contributed by atoms with Crippen LogP contribution in [0.4, 0.5) is 5.69 Å². The summed E-state index contributed by atoms with van der Waals surface area (Å²) in [5.41, 5.74) is 1.16. The van der Waals surface area contributed by atoms with E-state index in [1.54, 1.807) is 12.0 Å². The minimum absolute atomic E-state index is 0.143. The number of carbonyl (C=O) groups is 1. The molecule has 0 bridgehead atoms. The molecule has 112 valence electrons. The molecule has 1 aromatic rings. The smallest absolute Gasteiger partial charge is 0.270 e.